The van der Waals surface area contributed by atoms with Crippen LogP contribution in [0.25, 0.3) is 11.3 Å². The number of thioether (sulfide) groups is 1. The summed E-state index contributed by atoms with van der Waals surface area (Å²) < 4.78 is 0. The van der Waals surface area contributed by atoms with E-state index in [1.807, 2.05) is 17.8 Å². The molecule has 2 rings (SSSR count). The number of hydrogen-bond donors (Lipinski definition) is 2. The highest BCUT2D eigenvalue weighted by Crippen LogP contribution is 2.18. The molecule has 0 spiro atoms. The van der Waals surface area contributed by atoms with Gasteiger partial charge < -0.3 is 5.32 Å². The van der Waals surface area contributed by atoms with Gasteiger partial charge in [0.05, 0.1) is 5.69 Å². The molecule has 0 aliphatic carbocycles. The second-order valence-corrected chi connectivity index (χ2v) is 5.42. The molecule has 0 fully saturated rings. The number of hydrogen-bond acceptors (Lipinski definition) is 3. The van der Waals surface area contributed by atoms with E-state index >= 15 is 0 Å². The summed E-state index contributed by atoms with van der Waals surface area (Å²) in [4.78, 5) is 0. The summed E-state index contributed by atoms with van der Waals surface area (Å²) >= 11 is 1.99. The van der Waals surface area contributed by atoms with Crippen LogP contribution in [-0.4, -0.2) is 28.2 Å². The fourth-order valence-electron chi connectivity index (χ4n) is 1.74. The minimum absolute atomic E-state index is 1.04. The fourth-order valence-corrected chi connectivity index (χ4v) is 2.37. The Morgan fingerprint density at radius 2 is 2.06 bits per heavy atom. The standard InChI is InChI=1S/C14H19N3S/c1-2-18-11-3-9-15-13-6-4-12(5-7-13)14-8-10-16-17-14/h4-8,10,15H,2-3,9,11H2,1H3,(H,16,17). The molecule has 0 atom stereocenters. The van der Waals surface area contributed by atoms with E-state index in [0.717, 1.165) is 12.2 Å². The van der Waals surface area contributed by atoms with Crippen LogP contribution in [0.1, 0.15) is 13.3 Å². The van der Waals surface area contributed by atoms with Gasteiger partial charge in [0.25, 0.3) is 0 Å². The molecule has 0 bridgehead atoms. The van der Waals surface area contributed by atoms with Crippen LogP contribution < -0.4 is 5.32 Å². The first kappa shape index (κ1) is 13.0. The number of anilines is 1. The van der Waals surface area contributed by atoms with E-state index in [9.17, 15) is 0 Å². The van der Waals surface area contributed by atoms with Crippen LogP contribution in [0.5, 0.6) is 0 Å². The van der Waals surface area contributed by atoms with Crippen LogP contribution in [0.3, 0.4) is 0 Å². The van der Waals surface area contributed by atoms with Gasteiger partial charge in [-0.25, -0.2) is 0 Å². The van der Waals surface area contributed by atoms with Crippen LogP contribution in [0.4, 0.5) is 5.69 Å². The SMILES string of the molecule is CCSCCCNc1ccc(-c2ccn[nH]2)cc1. The number of nitrogens with one attached hydrogen (secondary N) is 2. The highest BCUT2D eigenvalue weighted by molar-refractivity contribution is 7.99. The van der Waals surface area contributed by atoms with Crippen molar-refractivity contribution in [3.8, 4) is 11.3 Å². The highest BCUT2D eigenvalue weighted by atomic mass is 32.2. The monoisotopic (exact) mass is 261 g/mol. The van der Waals surface area contributed by atoms with Crippen LogP contribution in [-0.2, 0) is 0 Å². The first-order valence-electron chi connectivity index (χ1n) is 6.31. The Labute approximate surface area is 112 Å². The van der Waals surface area contributed by atoms with Crippen molar-refractivity contribution in [1.82, 2.24) is 10.2 Å². The molecule has 18 heavy (non-hydrogen) atoms. The van der Waals surface area contributed by atoms with E-state index in [-0.39, 0.29) is 0 Å². The van der Waals surface area contributed by atoms with Crippen molar-refractivity contribution in [3.63, 3.8) is 0 Å². The minimum Gasteiger partial charge on any atom is -0.385 e. The third kappa shape index (κ3) is 3.81. The van der Waals surface area contributed by atoms with E-state index < -0.39 is 0 Å². The summed E-state index contributed by atoms with van der Waals surface area (Å²) in [6.07, 6.45) is 2.98. The Morgan fingerprint density at radius 3 is 2.72 bits per heavy atom. The van der Waals surface area contributed by atoms with Crippen molar-refractivity contribution in [2.45, 2.75) is 13.3 Å². The molecular formula is C14H19N3S. The molecule has 1 heterocycles. The lowest BCUT2D eigenvalue weighted by molar-refractivity contribution is 0.992. The van der Waals surface area contributed by atoms with Crippen molar-refractivity contribution in [2.75, 3.05) is 23.4 Å². The fraction of sp³-hybridized carbons (Fsp3) is 0.357. The van der Waals surface area contributed by atoms with Crippen LogP contribution >= 0.6 is 11.8 Å². The molecule has 0 unspecified atom stereocenters. The highest BCUT2D eigenvalue weighted by Gasteiger charge is 1.98. The van der Waals surface area contributed by atoms with E-state index in [0.29, 0.717) is 0 Å². The summed E-state index contributed by atoms with van der Waals surface area (Å²) in [5.74, 6) is 2.44. The zero-order chi connectivity index (χ0) is 12.6. The molecule has 0 aliphatic rings. The summed E-state index contributed by atoms with van der Waals surface area (Å²) in [6, 6.07) is 10.4. The van der Waals surface area contributed by atoms with Gasteiger partial charge in [-0.15, -0.1) is 0 Å². The lowest BCUT2D eigenvalue weighted by Gasteiger charge is -2.06. The van der Waals surface area contributed by atoms with Crippen LogP contribution in [0.15, 0.2) is 36.5 Å². The van der Waals surface area contributed by atoms with Gasteiger partial charge in [-0.05, 0) is 41.7 Å². The zero-order valence-electron chi connectivity index (χ0n) is 10.6. The largest absolute Gasteiger partial charge is 0.385 e. The molecule has 0 aliphatic heterocycles. The molecule has 1 aromatic heterocycles. The molecule has 0 amide bonds. The third-order valence-electron chi connectivity index (χ3n) is 2.70. The lowest BCUT2D eigenvalue weighted by atomic mass is 10.1. The Hall–Kier alpha value is -1.42. The summed E-state index contributed by atoms with van der Waals surface area (Å²) in [5, 5.41) is 10.4. The van der Waals surface area contributed by atoms with E-state index in [2.05, 4.69) is 46.7 Å². The molecule has 0 saturated carbocycles. The van der Waals surface area contributed by atoms with Gasteiger partial charge >= 0.3 is 0 Å². The zero-order valence-corrected chi connectivity index (χ0v) is 11.5. The van der Waals surface area contributed by atoms with Gasteiger partial charge in [0, 0.05) is 18.4 Å². The predicted octanol–water partition coefficient (Wildman–Crippen LogP) is 3.63. The lowest BCUT2D eigenvalue weighted by Crippen LogP contribution is -2.02. The van der Waals surface area contributed by atoms with E-state index in [1.165, 1.54) is 29.2 Å². The quantitative estimate of drug-likeness (QED) is 0.748. The average Bonchev–Trinajstić information content (AvgIpc) is 2.93. The van der Waals surface area contributed by atoms with Crippen molar-refractivity contribution in [3.05, 3.63) is 36.5 Å². The van der Waals surface area contributed by atoms with E-state index in [4.69, 9.17) is 0 Å². The maximum Gasteiger partial charge on any atom is 0.0650 e. The molecule has 2 aromatic rings. The molecule has 2 N–H and O–H groups in total. The van der Waals surface area contributed by atoms with Crippen molar-refractivity contribution in [2.24, 2.45) is 0 Å². The van der Waals surface area contributed by atoms with Gasteiger partial charge in [-0.1, -0.05) is 19.1 Å². The van der Waals surface area contributed by atoms with Crippen LogP contribution in [0.2, 0.25) is 0 Å². The van der Waals surface area contributed by atoms with E-state index in [1.54, 1.807) is 6.20 Å². The Kier molecular flexibility index (Phi) is 5.15. The number of aromatic amines is 1. The van der Waals surface area contributed by atoms with Gasteiger partial charge in [-0.2, -0.15) is 16.9 Å². The van der Waals surface area contributed by atoms with Gasteiger partial charge in [0.15, 0.2) is 0 Å². The number of benzene rings is 1. The van der Waals surface area contributed by atoms with Crippen molar-refractivity contribution >= 4 is 17.4 Å². The second-order valence-electron chi connectivity index (χ2n) is 4.02. The average molecular weight is 261 g/mol. The Morgan fingerprint density at radius 1 is 1.22 bits per heavy atom. The summed E-state index contributed by atoms with van der Waals surface area (Å²) in [7, 11) is 0. The molecule has 0 saturated heterocycles. The third-order valence-corrected chi connectivity index (χ3v) is 3.68. The van der Waals surface area contributed by atoms with Crippen LogP contribution in [0, 0.1) is 0 Å². The number of nitrogens with zero attached hydrogens (tertiary/aromatic N) is 1. The molecular weight excluding hydrogens is 242 g/mol. The molecule has 96 valence electrons. The summed E-state index contributed by atoms with van der Waals surface area (Å²) in [6.45, 7) is 3.24. The van der Waals surface area contributed by atoms with Gasteiger partial charge in [-0.3, -0.25) is 5.10 Å². The number of rotatable bonds is 7. The molecule has 0 radical (unpaired) electrons. The van der Waals surface area contributed by atoms with Crippen molar-refractivity contribution < 1.29 is 0 Å². The first-order valence-corrected chi connectivity index (χ1v) is 7.47. The van der Waals surface area contributed by atoms with Crippen molar-refractivity contribution in [1.29, 1.82) is 0 Å². The summed E-state index contributed by atoms with van der Waals surface area (Å²) in [5.41, 5.74) is 3.40. The maximum absolute atomic E-state index is 3.96. The number of H-pyrrole nitrogens is 1. The minimum atomic E-state index is 1.04. The predicted molar refractivity (Wildman–Crippen MR) is 80.1 cm³/mol. The Balaban J connectivity index is 1.81. The Bertz CT molecular complexity index is 437. The molecule has 1 aromatic carbocycles. The molecule has 4 heteroatoms. The molecule has 3 nitrogen and oxygen atoms in total. The topological polar surface area (TPSA) is 40.7 Å². The van der Waals surface area contributed by atoms with Gasteiger partial charge in [0.1, 0.15) is 0 Å². The maximum atomic E-state index is 3.96. The normalized spacial score (nSPS) is 10.5. The number of aromatic nitrogens is 2. The second kappa shape index (κ2) is 7.11. The first-order chi connectivity index (χ1) is 8.90. The smallest absolute Gasteiger partial charge is 0.0650 e. The van der Waals surface area contributed by atoms with Gasteiger partial charge in [0.2, 0.25) is 0 Å².